The number of aliphatic hydroxyl groups is 1. The maximum atomic E-state index is 12.3. The summed E-state index contributed by atoms with van der Waals surface area (Å²) in [6.45, 7) is 2.67. The van der Waals surface area contributed by atoms with Gasteiger partial charge in [-0.15, -0.1) is 0 Å². The van der Waals surface area contributed by atoms with E-state index in [4.69, 9.17) is 10.5 Å². The van der Waals surface area contributed by atoms with Crippen molar-refractivity contribution in [2.75, 3.05) is 18.8 Å². The van der Waals surface area contributed by atoms with Crippen molar-refractivity contribution in [2.24, 2.45) is 0 Å². The van der Waals surface area contributed by atoms with Crippen LogP contribution in [-0.4, -0.2) is 61.7 Å². The molecule has 146 valence electrons. The van der Waals surface area contributed by atoms with E-state index in [0.29, 0.717) is 37.1 Å². The number of aromatic nitrogens is 4. The molecule has 0 aromatic carbocycles. The highest BCUT2D eigenvalue weighted by Gasteiger charge is 2.39. The van der Waals surface area contributed by atoms with Crippen molar-refractivity contribution in [1.82, 2.24) is 30.2 Å². The van der Waals surface area contributed by atoms with Gasteiger partial charge in [0.25, 0.3) is 0 Å². The Balaban J connectivity index is 1.55. The fourth-order valence-corrected chi connectivity index (χ4v) is 2.89. The molecule has 1 fully saturated rings. The quantitative estimate of drug-likeness (QED) is 0.452. The minimum atomic E-state index is -0.891. The summed E-state index contributed by atoms with van der Waals surface area (Å²) in [6, 6.07) is 0. The van der Waals surface area contributed by atoms with Crippen LogP contribution in [0.1, 0.15) is 32.4 Å². The summed E-state index contributed by atoms with van der Waals surface area (Å²) in [6.07, 6.45) is 1.50. The van der Waals surface area contributed by atoms with Gasteiger partial charge in [0.15, 0.2) is 17.7 Å². The summed E-state index contributed by atoms with van der Waals surface area (Å²) >= 11 is 0. The van der Waals surface area contributed by atoms with Gasteiger partial charge < -0.3 is 26.2 Å². The molecule has 0 aliphatic carbocycles. The van der Waals surface area contributed by atoms with Crippen LogP contribution in [0.15, 0.2) is 12.7 Å². The number of carbonyl (C=O) groups is 2. The molecule has 5 N–H and O–H groups in total. The van der Waals surface area contributed by atoms with Crippen LogP contribution in [0.3, 0.4) is 0 Å². The Labute approximate surface area is 155 Å². The highest BCUT2D eigenvalue weighted by atomic mass is 16.5. The first-order valence-electron chi connectivity index (χ1n) is 8.82. The smallest absolute Gasteiger partial charge is 0.249 e. The van der Waals surface area contributed by atoms with Gasteiger partial charge >= 0.3 is 0 Å². The molecule has 2 amide bonds. The molecule has 3 atom stereocenters. The fourth-order valence-electron chi connectivity index (χ4n) is 2.89. The van der Waals surface area contributed by atoms with Gasteiger partial charge in [-0.25, -0.2) is 15.0 Å². The summed E-state index contributed by atoms with van der Waals surface area (Å²) < 4.78 is 7.28. The van der Waals surface area contributed by atoms with E-state index in [1.807, 2.05) is 0 Å². The highest BCUT2D eigenvalue weighted by Crippen LogP contribution is 2.31. The van der Waals surface area contributed by atoms with E-state index in [9.17, 15) is 14.7 Å². The van der Waals surface area contributed by atoms with Crippen LogP contribution in [0.4, 0.5) is 5.82 Å². The van der Waals surface area contributed by atoms with Crippen molar-refractivity contribution in [3.8, 4) is 0 Å². The maximum Gasteiger partial charge on any atom is 0.249 e. The fraction of sp³-hybridized carbons (Fsp3) is 0.562. The molecular weight excluding hydrogens is 354 g/mol. The van der Waals surface area contributed by atoms with Crippen LogP contribution >= 0.6 is 0 Å². The van der Waals surface area contributed by atoms with E-state index < -0.39 is 18.4 Å². The van der Waals surface area contributed by atoms with Crippen molar-refractivity contribution < 1.29 is 19.4 Å². The van der Waals surface area contributed by atoms with Gasteiger partial charge in [-0.3, -0.25) is 14.2 Å². The number of fused-ring (bicyclic) bond motifs is 1. The number of aliphatic hydroxyl groups excluding tert-OH is 1. The van der Waals surface area contributed by atoms with Crippen LogP contribution in [0.5, 0.6) is 0 Å². The average Bonchev–Trinajstić information content (AvgIpc) is 3.25. The minimum Gasteiger partial charge on any atom is -0.388 e. The largest absolute Gasteiger partial charge is 0.388 e. The standard InChI is InChI=1S/C16H23N7O4/c1-2-11(25)18-4-3-5-19-15(26)10-6-9(24)16(27-10)23-8-22-12-13(17)20-7-21-14(12)23/h7-10,16,24H,2-6H2,1H3,(H,18,25)(H,19,26)(H2,17,20,21)/t9-,10+,16-/m1/s1. The third-order valence-electron chi connectivity index (χ3n) is 4.34. The molecule has 3 rings (SSSR count). The number of ether oxygens (including phenoxy) is 1. The van der Waals surface area contributed by atoms with Crippen molar-refractivity contribution in [2.45, 2.75) is 44.6 Å². The molecule has 0 unspecified atom stereocenters. The van der Waals surface area contributed by atoms with E-state index in [1.54, 1.807) is 11.5 Å². The van der Waals surface area contributed by atoms with Gasteiger partial charge in [-0.05, 0) is 6.42 Å². The molecule has 0 saturated carbocycles. The Morgan fingerprint density at radius 2 is 2.11 bits per heavy atom. The van der Waals surface area contributed by atoms with Crippen LogP contribution in [0.2, 0.25) is 0 Å². The molecule has 1 aliphatic heterocycles. The monoisotopic (exact) mass is 377 g/mol. The van der Waals surface area contributed by atoms with E-state index in [1.165, 1.54) is 12.7 Å². The number of amides is 2. The summed E-state index contributed by atoms with van der Waals surface area (Å²) in [7, 11) is 0. The number of nitrogens with two attached hydrogens (primary N) is 1. The first-order chi connectivity index (χ1) is 13.0. The van der Waals surface area contributed by atoms with Crippen LogP contribution in [0, 0.1) is 0 Å². The molecule has 11 heteroatoms. The Kier molecular flexibility index (Phi) is 5.81. The third-order valence-corrected chi connectivity index (χ3v) is 4.34. The first kappa shape index (κ1) is 19.0. The lowest BCUT2D eigenvalue weighted by Crippen LogP contribution is -2.36. The van der Waals surface area contributed by atoms with E-state index in [-0.39, 0.29) is 24.1 Å². The van der Waals surface area contributed by atoms with Crippen molar-refractivity contribution in [3.05, 3.63) is 12.7 Å². The average molecular weight is 377 g/mol. The van der Waals surface area contributed by atoms with E-state index in [2.05, 4.69) is 25.6 Å². The molecule has 1 saturated heterocycles. The number of hydrogen-bond acceptors (Lipinski definition) is 8. The van der Waals surface area contributed by atoms with Crippen molar-refractivity contribution >= 4 is 28.8 Å². The molecule has 2 aromatic heterocycles. The molecule has 2 aromatic rings. The summed E-state index contributed by atoms with van der Waals surface area (Å²) in [5.74, 6) is -0.101. The summed E-state index contributed by atoms with van der Waals surface area (Å²) in [5.41, 5.74) is 6.61. The minimum absolute atomic E-state index is 0.0246. The van der Waals surface area contributed by atoms with Crippen molar-refractivity contribution in [3.63, 3.8) is 0 Å². The maximum absolute atomic E-state index is 12.3. The Bertz CT molecular complexity index is 824. The van der Waals surface area contributed by atoms with E-state index in [0.717, 1.165) is 0 Å². The lowest BCUT2D eigenvalue weighted by Gasteiger charge is -2.16. The molecule has 11 nitrogen and oxygen atoms in total. The zero-order valence-electron chi connectivity index (χ0n) is 15.0. The topological polar surface area (TPSA) is 157 Å². The molecule has 27 heavy (non-hydrogen) atoms. The number of anilines is 1. The van der Waals surface area contributed by atoms with Gasteiger partial charge in [0.1, 0.15) is 24.1 Å². The van der Waals surface area contributed by atoms with Gasteiger partial charge in [-0.2, -0.15) is 0 Å². The second kappa shape index (κ2) is 8.27. The number of imidazole rings is 1. The predicted octanol–water partition coefficient (Wildman–Crippen LogP) is -0.911. The van der Waals surface area contributed by atoms with Gasteiger partial charge in [-0.1, -0.05) is 6.92 Å². The summed E-state index contributed by atoms with van der Waals surface area (Å²) in [5, 5.41) is 15.8. The Morgan fingerprint density at radius 3 is 2.89 bits per heavy atom. The zero-order chi connectivity index (χ0) is 19.4. The molecule has 1 aliphatic rings. The molecule has 3 heterocycles. The predicted molar refractivity (Wildman–Crippen MR) is 95.2 cm³/mol. The molecular formula is C16H23N7O4. The van der Waals surface area contributed by atoms with Gasteiger partial charge in [0, 0.05) is 25.9 Å². The number of carbonyl (C=O) groups excluding carboxylic acids is 2. The third kappa shape index (κ3) is 4.14. The van der Waals surface area contributed by atoms with Crippen LogP contribution < -0.4 is 16.4 Å². The number of rotatable bonds is 7. The second-order valence-corrected chi connectivity index (χ2v) is 6.25. The van der Waals surface area contributed by atoms with Gasteiger partial charge in [0.2, 0.25) is 11.8 Å². The number of nitrogens with zero attached hydrogens (tertiary/aromatic N) is 4. The number of nitrogen functional groups attached to an aromatic ring is 1. The SMILES string of the molecule is CCC(=O)NCCCNC(=O)[C@@H]1C[C@@H](O)[C@H](n2cnc3c(N)ncnc32)O1. The molecule has 0 bridgehead atoms. The summed E-state index contributed by atoms with van der Waals surface area (Å²) in [4.78, 5) is 35.6. The second-order valence-electron chi connectivity index (χ2n) is 6.25. The Hall–Kier alpha value is -2.79. The zero-order valence-corrected chi connectivity index (χ0v) is 15.0. The lowest BCUT2D eigenvalue weighted by molar-refractivity contribution is -0.134. The molecule has 0 spiro atoms. The number of nitrogens with one attached hydrogen (secondary N) is 2. The van der Waals surface area contributed by atoms with Crippen molar-refractivity contribution in [1.29, 1.82) is 0 Å². The first-order valence-corrected chi connectivity index (χ1v) is 8.82. The molecule has 0 radical (unpaired) electrons. The number of hydrogen-bond donors (Lipinski definition) is 4. The lowest BCUT2D eigenvalue weighted by atomic mass is 10.2. The normalized spacial score (nSPS) is 22.1. The highest BCUT2D eigenvalue weighted by molar-refractivity contribution is 5.82. The van der Waals surface area contributed by atoms with E-state index >= 15 is 0 Å². The van der Waals surface area contributed by atoms with Crippen LogP contribution in [0.25, 0.3) is 11.2 Å². The van der Waals surface area contributed by atoms with Crippen LogP contribution in [-0.2, 0) is 14.3 Å². The Morgan fingerprint density at radius 1 is 1.33 bits per heavy atom. The van der Waals surface area contributed by atoms with Gasteiger partial charge in [0.05, 0.1) is 6.33 Å².